The van der Waals surface area contributed by atoms with Gasteiger partial charge in [-0.25, -0.2) is 9.48 Å². The minimum atomic E-state index is -0.312. The highest BCUT2D eigenvalue weighted by Gasteiger charge is 2.23. The van der Waals surface area contributed by atoms with E-state index in [2.05, 4.69) is 15.7 Å². The summed E-state index contributed by atoms with van der Waals surface area (Å²) in [5, 5.41) is 10.2. The highest BCUT2D eigenvalue weighted by molar-refractivity contribution is 5.97. The number of ether oxygens (including phenoxy) is 1. The van der Waals surface area contributed by atoms with Crippen molar-refractivity contribution in [2.75, 3.05) is 30.4 Å². The number of piperidine rings is 1. The van der Waals surface area contributed by atoms with Crippen molar-refractivity contribution >= 4 is 23.3 Å². The van der Waals surface area contributed by atoms with Gasteiger partial charge in [0, 0.05) is 37.8 Å². The van der Waals surface area contributed by atoms with Crippen molar-refractivity contribution in [2.24, 2.45) is 0 Å². The number of carbonyl (C=O) groups is 2. The molecule has 2 N–H and O–H groups in total. The molecule has 0 atom stereocenters. The molecule has 0 spiro atoms. The van der Waals surface area contributed by atoms with Crippen LogP contribution in [-0.4, -0.2) is 41.9 Å². The molecule has 0 radical (unpaired) electrons. The first kappa shape index (κ1) is 21.4. The Morgan fingerprint density at radius 2 is 1.97 bits per heavy atom. The highest BCUT2D eigenvalue weighted by Crippen LogP contribution is 2.33. The second-order valence-electron chi connectivity index (χ2n) is 7.61. The number of hydrogen-bond acceptors (Lipinski definition) is 4. The molecule has 1 saturated heterocycles. The Hall–Kier alpha value is -3.81. The van der Waals surface area contributed by atoms with Crippen molar-refractivity contribution in [3.05, 3.63) is 66.5 Å². The van der Waals surface area contributed by atoms with Gasteiger partial charge in [-0.05, 0) is 49.2 Å². The lowest BCUT2D eigenvalue weighted by Gasteiger charge is -2.28. The molecule has 0 aliphatic carbocycles. The van der Waals surface area contributed by atoms with Crippen LogP contribution in [0.25, 0.3) is 5.69 Å². The Morgan fingerprint density at radius 3 is 2.75 bits per heavy atom. The zero-order chi connectivity index (χ0) is 22.3. The van der Waals surface area contributed by atoms with Gasteiger partial charge >= 0.3 is 6.03 Å². The van der Waals surface area contributed by atoms with Gasteiger partial charge in [0.05, 0.1) is 24.2 Å². The smallest absolute Gasteiger partial charge is 0.319 e. The molecule has 0 saturated carbocycles. The van der Waals surface area contributed by atoms with E-state index in [1.54, 1.807) is 30.2 Å². The highest BCUT2D eigenvalue weighted by atomic mass is 16.5. The van der Waals surface area contributed by atoms with Crippen LogP contribution in [0.2, 0.25) is 0 Å². The predicted octanol–water partition coefficient (Wildman–Crippen LogP) is 3.76. The average Bonchev–Trinajstić information content (AvgIpc) is 3.29. The van der Waals surface area contributed by atoms with E-state index in [1.165, 1.54) is 0 Å². The van der Waals surface area contributed by atoms with Crippen LogP contribution in [0.15, 0.2) is 60.8 Å². The fourth-order valence-corrected chi connectivity index (χ4v) is 3.74. The number of carbonyl (C=O) groups excluding carboxylic acids is 2. The van der Waals surface area contributed by atoms with Crippen molar-refractivity contribution in [1.82, 2.24) is 15.1 Å². The summed E-state index contributed by atoms with van der Waals surface area (Å²) >= 11 is 0. The van der Waals surface area contributed by atoms with E-state index < -0.39 is 0 Å². The molecular weight excluding hydrogens is 406 g/mol. The molecular formula is C24H27N5O3. The van der Waals surface area contributed by atoms with Crippen LogP contribution in [0.5, 0.6) is 5.75 Å². The first-order chi connectivity index (χ1) is 15.6. The first-order valence-electron chi connectivity index (χ1n) is 10.8. The van der Waals surface area contributed by atoms with E-state index in [0.29, 0.717) is 43.1 Å². The molecule has 2 heterocycles. The molecule has 32 heavy (non-hydrogen) atoms. The summed E-state index contributed by atoms with van der Waals surface area (Å²) in [6, 6.07) is 16.8. The van der Waals surface area contributed by atoms with E-state index in [4.69, 9.17) is 4.74 Å². The van der Waals surface area contributed by atoms with Gasteiger partial charge in [-0.1, -0.05) is 18.2 Å². The number of rotatable bonds is 7. The number of nitrogens with one attached hydrogen (secondary N) is 2. The lowest BCUT2D eigenvalue weighted by Crippen LogP contribution is -2.35. The van der Waals surface area contributed by atoms with Gasteiger partial charge in [-0.15, -0.1) is 0 Å². The summed E-state index contributed by atoms with van der Waals surface area (Å²) in [7, 11) is 1.58. The second-order valence-corrected chi connectivity index (χ2v) is 7.61. The summed E-state index contributed by atoms with van der Waals surface area (Å²) in [5.41, 5.74) is 3.17. The van der Waals surface area contributed by atoms with Crippen molar-refractivity contribution in [2.45, 2.75) is 25.7 Å². The van der Waals surface area contributed by atoms with Crippen LogP contribution in [0.3, 0.4) is 0 Å². The average molecular weight is 434 g/mol. The Morgan fingerprint density at radius 1 is 1.12 bits per heavy atom. The monoisotopic (exact) mass is 433 g/mol. The normalized spacial score (nSPS) is 13.7. The minimum absolute atomic E-state index is 0.0751. The van der Waals surface area contributed by atoms with Crippen LogP contribution in [0, 0.1) is 0 Å². The number of anilines is 2. The Balaban J connectivity index is 1.33. The van der Waals surface area contributed by atoms with Crippen LogP contribution in [0.1, 0.15) is 25.0 Å². The zero-order valence-electron chi connectivity index (χ0n) is 18.1. The second kappa shape index (κ2) is 10.00. The van der Waals surface area contributed by atoms with E-state index in [0.717, 1.165) is 24.2 Å². The molecule has 166 valence electrons. The largest absolute Gasteiger partial charge is 0.495 e. The van der Waals surface area contributed by atoms with E-state index in [9.17, 15) is 9.59 Å². The number of aromatic nitrogens is 2. The van der Waals surface area contributed by atoms with Crippen LogP contribution < -0.4 is 20.3 Å². The molecule has 3 aromatic rings. The van der Waals surface area contributed by atoms with E-state index in [1.807, 2.05) is 47.3 Å². The molecule has 1 aromatic heterocycles. The molecule has 4 rings (SSSR count). The summed E-state index contributed by atoms with van der Waals surface area (Å²) < 4.78 is 7.24. The van der Waals surface area contributed by atoms with E-state index in [-0.39, 0.29) is 11.9 Å². The van der Waals surface area contributed by atoms with Gasteiger partial charge in [0.15, 0.2) is 0 Å². The molecule has 8 nitrogen and oxygen atoms in total. The molecule has 1 fully saturated rings. The van der Waals surface area contributed by atoms with Crippen LogP contribution >= 0.6 is 0 Å². The molecule has 1 aliphatic heterocycles. The fourth-order valence-electron chi connectivity index (χ4n) is 3.74. The van der Waals surface area contributed by atoms with Crippen molar-refractivity contribution in [3.63, 3.8) is 0 Å². The zero-order valence-corrected chi connectivity index (χ0v) is 18.1. The quantitative estimate of drug-likeness (QED) is 0.594. The third kappa shape index (κ3) is 5.08. The summed E-state index contributed by atoms with van der Waals surface area (Å²) in [5.74, 6) is 0.686. The maximum atomic E-state index is 12.4. The van der Waals surface area contributed by atoms with Crippen molar-refractivity contribution in [1.29, 1.82) is 0 Å². The maximum Gasteiger partial charge on any atom is 0.319 e. The predicted molar refractivity (Wildman–Crippen MR) is 123 cm³/mol. The number of hydrogen-bond donors (Lipinski definition) is 2. The molecule has 8 heteroatoms. The van der Waals surface area contributed by atoms with E-state index >= 15 is 0 Å². The first-order valence-corrected chi connectivity index (χ1v) is 10.8. The molecule has 0 unspecified atom stereocenters. The van der Waals surface area contributed by atoms with Gasteiger partial charge in [0.2, 0.25) is 5.91 Å². The third-order valence-corrected chi connectivity index (χ3v) is 5.38. The minimum Gasteiger partial charge on any atom is -0.495 e. The Labute approximate surface area is 187 Å². The maximum absolute atomic E-state index is 12.4. The topological polar surface area (TPSA) is 88.5 Å². The lowest BCUT2D eigenvalue weighted by molar-refractivity contribution is -0.119. The lowest BCUT2D eigenvalue weighted by atomic mass is 10.1. The van der Waals surface area contributed by atoms with Crippen LogP contribution in [0.4, 0.5) is 16.2 Å². The van der Waals surface area contributed by atoms with Crippen molar-refractivity contribution < 1.29 is 14.3 Å². The standard InChI is InChI=1S/C24H27N5O3/c1-32-22-11-10-19(17-21(22)28-15-6-5-9-23(28)30)26-24(31)25-14-12-18-13-16-29(27-18)20-7-3-2-4-8-20/h2-4,7-8,10-11,13,16-17H,5-6,9,12,14-15H2,1H3,(H2,25,26,31). The SMILES string of the molecule is COc1ccc(NC(=O)NCCc2ccn(-c3ccccc3)n2)cc1N1CCCCC1=O. The summed E-state index contributed by atoms with van der Waals surface area (Å²) in [6.07, 6.45) is 4.91. The fraction of sp³-hybridized carbons (Fsp3) is 0.292. The van der Waals surface area contributed by atoms with Gasteiger partial charge in [-0.3, -0.25) is 4.79 Å². The number of methoxy groups -OCH3 is 1. The number of urea groups is 1. The molecule has 3 amide bonds. The molecule has 2 aromatic carbocycles. The number of benzene rings is 2. The summed E-state index contributed by atoms with van der Waals surface area (Å²) in [6.45, 7) is 1.10. The Kier molecular flexibility index (Phi) is 6.69. The van der Waals surface area contributed by atoms with Gasteiger partial charge < -0.3 is 20.3 Å². The number of amides is 3. The number of para-hydroxylation sites is 1. The van der Waals surface area contributed by atoms with Gasteiger partial charge in [-0.2, -0.15) is 5.10 Å². The van der Waals surface area contributed by atoms with Gasteiger partial charge in [0.25, 0.3) is 0 Å². The third-order valence-electron chi connectivity index (χ3n) is 5.38. The molecule has 1 aliphatic rings. The number of nitrogens with zero attached hydrogens (tertiary/aromatic N) is 3. The molecule has 0 bridgehead atoms. The summed E-state index contributed by atoms with van der Waals surface area (Å²) in [4.78, 5) is 26.4. The Bertz CT molecular complexity index is 1080. The van der Waals surface area contributed by atoms with Gasteiger partial charge in [0.1, 0.15) is 5.75 Å². The van der Waals surface area contributed by atoms with Crippen molar-refractivity contribution in [3.8, 4) is 11.4 Å². The van der Waals surface area contributed by atoms with Crippen LogP contribution in [-0.2, 0) is 11.2 Å².